The molecule has 0 bridgehead atoms. The standard InChI is InChI=1S/C13H15BrF3NO/c1-8-4-10(5-8)18-7-9-2-3-12(11(14)6-9)19-13(15,16)17/h2-3,6,8,10,18H,4-5,7H2,1H3. The van der Waals surface area contributed by atoms with Crippen molar-refractivity contribution < 1.29 is 17.9 Å². The summed E-state index contributed by atoms with van der Waals surface area (Å²) in [5, 5.41) is 3.38. The predicted molar refractivity (Wildman–Crippen MR) is 69.9 cm³/mol. The Morgan fingerprint density at radius 2 is 2.05 bits per heavy atom. The molecule has 2 rings (SSSR count). The smallest absolute Gasteiger partial charge is 0.405 e. The number of alkyl halides is 3. The summed E-state index contributed by atoms with van der Waals surface area (Å²) in [6, 6.07) is 5.15. The van der Waals surface area contributed by atoms with E-state index in [0.717, 1.165) is 24.3 Å². The molecule has 1 aliphatic carbocycles. The number of rotatable bonds is 4. The quantitative estimate of drug-likeness (QED) is 0.887. The third kappa shape index (κ3) is 4.38. The molecule has 0 radical (unpaired) electrons. The van der Waals surface area contributed by atoms with Crippen molar-refractivity contribution in [2.24, 2.45) is 5.92 Å². The highest BCUT2D eigenvalue weighted by Crippen LogP contribution is 2.31. The second-order valence-electron chi connectivity index (χ2n) is 4.97. The molecule has 0 saturated heterocycles. The fraction of sp³-hybridized carbons (Fsp3) is 0.538. The van der Waals surface area contributed by atoms with E-state index in [4.69, 9.17) is 0 Å². The zero-order valence-corrected chi connectivity index (χ0v) is 12.0. The van der Waals surface area contributed by atoms with Crippen molar-refractivity contribution in [1.82, 2.24) is 5.32 Å². The zero-order chi connectivity index (χ0) is 14.0. The van der Waals surface area contributed by atoms with Gasteiger partial charge in [-0.05, 0) is 52.4 Å². The molecule has 0 heterocycles. The molecule has 19 heavy (non-hydrogen) atoms. The molecular weight excluding hydrogens is 323 g/mol. The van der Waals surface area contributed by atoms with E-state index in [0.29, 0.717) is 17.1 Å². The van der Waals surface area contributed by atoms with E-state index in [1.165, 1.54) is 6.07 Å². The van der Waals surface area contributed by atoms with E-state index in [9.17, 15) is 13.2 Å². The van der Waals surface area contributed by atoms with Gasteiger partial charge in [-0.2, -0.15) is 0 Å². The Hall–Kier alpha value is -0.750. The summed E-state index contributed by atoms with van der Waals surface area (Å²) >= 11 is 3.09. The number of halogens is 4. The van der Waals surface area contributed by atoms with Gasteiger partial charge in [-0.25, -0.2) is 0 Å². The van der Waals surface area contributed by atoms with Gasteiger partial charge in [0, 0.05) is 12.6 Å². The van der Waals surface area contributed by atoms with Gasteiger partial charge in [-0.3, -0.25) is 0 Å². The highest BCUT2D eigenvalue weighted by Gasteiger charge is 2.32. The maximum absolute atomic E-state index is 12.1. The zero-order valence-electron chi connectivity index (χ0n) is 10.4. The molecule has 1 fully saturated rings. The lowest BCUT2D eigenvalue weighted by molar-refractivity contribution is -0.274. The van der Waals surface area contributed by atoms with E-state index in [1.54, 1.807) is 12.1 Å². The summed E-state index contributed by atoms with van der Waals surface area (Å²) < 4.78 is 40.5. The molecule has 1 aromatic carbocycles. The molecular formula is C13H15BrF3NO. The Morgan fingerprint density at radius 1 is 1.37 bits per heavy atom. The second kappa shape index (κ2) is 5.71. The van der Waals surface area contributed by atoms with Crippen LogP contribution in [0.1, 0.15) is 25.3 Å². The van der Waals surface area contributed by atoms with Gasteiger partial charge in [0.2, 0.25) is 0 Å². The highest BCUT2D eigenvalue weighted by atomic mass is 79.9. The van der Waals surface area contributed by atoms with E-state index in [-0.39, 0.29) is 5.75 Å². The number of hydrogen-bond acceptors (Lipinski definition) is 2. The fourth-order valence-corrected chi connectivity index (χ4v) is 2.70. The minimum Gasteiger partial charge on any atom is -0.405 e. The normalized spacial score (nSPS) is 23.0. The van der Waals surface area contributed by atoms with Crippen LogP contribution in [0, 0.1) is 5.92 Å². The largest absolute Gasteiger partial charge is 0.573 e. The van der Waals surface area contributed by atoms with Crippen molar-refractivity contribution >= 4 is 15.9 Å². The van der Waals surface area contributed by atoms with Crippen LogP contribution in [0.2, 0.25) is 0 Å². The van der Waals surface area contributed by atoms with Gasteiger partial charge in [-0.15, -0.1) is 13.2 Å². The molecule has 1 N–H and O–H groups in total. The molecule has 0 atom stereocenters. The first-order chi connectivity index (χ1) is 8.83. The van der Waals surface area contributed by atoms with Gasteiger partial charge in [0.05, 0.1) is 4.47 Å². The first-order valence-corrected chi connectivity index (χ1v) is 6.90. The summed E-state index contributed by atoms with van der Waals surface area (Å²) in [5.41, 5.74) is 0.931. The van der Waals surface area contributed by atoms with Crippen LogP contribution in [0.4, 0.5) is 13.2 Å². The third-order valence-electron chi connectivity index (χ3n) is 3.19. The van der Waals surface area contributed by atoms with Crippen LogP contribution in [0.25, 0.3) is 0 Å². The van der Waals surface area contributed by atoms with E-state index >= 15 is 0 Å². The number of hydrogen-bond donors (Lipinski definition) is 1. The molecule has 0 aromatic heterocycles. The van der Waals surface area contributed by atoms with Crippen molar-refractivity contribution in [3.63, 3.8) is 0 Å². The molecule has 106 valence electrons. The van der Waals surface area contributed by atoms with E-state index in [1.807, 2.05) is 0 Å². The summed E-state index contributed by atoms with van der Waals surface area (Å²) in [7, 11) is 0. The molecule has 0 aliphatic heterocycles. The Bertz CT molecular complexity index is 444. The van der Waals surface area contributed by atoms with Gasteiger partial charge in [0.1, 0.15) is 5.75 Å². The summed E-state index contributed by atoms with van der Waals surface area (Å²) in [6.45, 7) is 2.86. The lowest BCUT2D eigenvalue weighted by Crippen LogP contribution is -2.39. The monoisotopic (exact) mass is 337 g/mol. The minimum absolute atomic E-state index is 0.214. The van der Waals surface area contributed by atoms with Crippen LogP contribution in [-0.2, 0) is 6.54 Å². The van der Waals surface area contributed by atoms with Crippen molar-refractivity contribution in [2.45, 2.75) is 38.7 Å². The maximum atomic E-state index is 12.1. The Morgan fingerprint density at radius 3 is 2.58 bits per heavy atom. The number of nitrogens with one attached hydrogen (secondary N) is 1. The van der Waals surface area contributed by atoms with Gasteiger partial charge in [-0.1, -0.05) is 13.0 Å². The molecule has 1 aromatic rings. The van der Waals surface area contributed by atoms with Crippen molar-refractivity contribution in [2.75, 3.05) is 0 Å². The van der Waals surface area contributed by atoms with Crippen LogP contribution in [-0.4, -0.2) is 12.4 Å². The lowest BCUT2D eigenvalue weighted by Gasteiger charge is -2.33. The second-order valence-corrected chi connectivity index (χ2v) is 5.82. The molecule has 0 amide bonds. The highest BCUT2D eigenvalue weighted by molar-refractivity contribution is 9.10. The van der Waals surface area contributed by atoms with Crippen LogP contribution in [0.5, 0.6) is 5.75 Å². The number of ether oxygens (including phenoxy) is 1. The predicted octanol–water partition coefficient (Wildman–Crippen LogP) is 4.24. The van der Waals surface area contributed by atoms with Gasteiger partial charge in [0.25, 0.3) is 0 Å². The minimum atomic E-state index is -4.66. The fourth-order valence-electron chi connectivity index (χ4n) is 2.19. The first kappa shape index (κ1) is 14.7. The molecule has 0 spiro atoms. The Balaban J connectivity index is 1.91. The van der Waals surface area contributed by atoms with Crippen LogP contribution in [0.3, 0.4) is 0 Å². The van der Waals surface area contributed by atoms with E-state index in [2.05, 4.69) is 32.9 Å². The van der Waals surface area contributed by atoms with Crippen LogP contribution >= 0.6 is 15.9 Å². The summed E-state index contributed by atoms with van der Waals surface area (Å²) in [6.07, 6.45) is -2.34. The topological polar surface area (TPSA) is 21.3 Å². The number of benzene rings is 1. The Kier molecular flexibility index (Phi) is 4.40. The van der Waals surface area contributed by atoms with E-state index < -0.39 is 6.36 Å². The Labute approximate surface area is 118 Å². The molecule has 1 saturated carbocycles. The SMILES string of the molecule is CC1CC(NCc2ccc(OC(F)(F)F)c(Br)c2)C1. The van der Waals surface area contributed by atoms with Crippen LogP contribution in [0.15, 0.2) is 22.7 Å². The van der Waals surface area contributed by atoms with Crippen LogP contribution < -0.4 is 10.1 Å². The molecule has 2 nitrogen and oxygen atoms in total. The van der Waals surface area contributed by atoms with Crippen molar-refractivity contribution in [3.8, 4) is 5.75 Å². The first-order valence-electron chi connectivity index (χ1n) is 6.11. The van der Waals surface area contributed by atoms with Gasteiger partial charge >= 0.3 is 6.36 Å². The van der Waals surface area contributed by atoms with Gasteiger partial charge in [0.15, 0.2) is 0 Å². The summed E-state index contributed by atoms with van der Waals surface area (Å²) in [4.78, 5) is 0. The molecule has 6 heteroatoms. The molecule has 0 unspecified atom stereocenters. The lowest BCUT2D eigenvalue weighted by atomic mass is 9.82. The third-order valence-corrected chi connectivity index (χ3v) is 3.81. The maximum Gasteiger partial charge on any atom is 0.573 e. The van der Waals surface area contributed by atoms with Crippen molar-refractivity contribution in [3.05, 3.63) is 28.2 Å². The average molecular weight is 338 g/mol. The van der Waals surface area contributed by atoms with Crippen molar-refractivity contribution in [1.29, 1.82) is 0 Å². The van der Waals surface area contributed by atoms with Gasteiger partial charge < -0.3 is 10.1 Å². The average Bonchev–Trinajstić information content (AvgIpc) is 2.25. The summed E-state index contributed by atoms with van der Waals surface area (Å²) in [5.74, 6) is 0.556. The molecule has 1 aliphatic rings.